The molecule has 1 saturated heterocycles. The summed E-state index contributed by atoms with van der Waals surface area (Å²) < 4.78 is 0. The Kier molecular flexibility index (Phi) is 6.96. The molecule has 192 valence electrons. The fourth-order valence-electron chi connectivity index (χ4n) is 5.39. The number of fused-ring (bicyclic) bond motifs is 1. The predicted octanol–water partition coefficient (Wildman–Crippen LogP) is 4.79. The van der Waals surface area contributed by atoms with Gasteiger partial charge in [-0.3, -0.25) is 4.79 Å². The number of nitrogens with zero attached hydrogens (tertiary/aromatic N) is 5. The molecule has 1 aliphatic carbocycles. The van der Waals surface area contributed by atoms with Crippen molar-refractivity contribution in [3.8, 4) is 0 Å². The number of aromatic nitrogens is 3. The Hall–Kier alpha value is -3.74. The molecule has 0 spiro atoms. The molecule has 37 heavy (non-hydrogen) atoms. The van der Waals surface area contributed by atoms with E-state index in [9.17, 15) is 4.79 Å². The van der Waals surface area contributed by atoms with Gasteiger partial charge in [-0.2, -0.15) is 5.10 Å². The Labute approximate surface area is 219 Å². The number of anilines is 2. The first kappa shape index (κ1) is 24.9. The van der Waals surface area contributed by atoms with Crippen LogP contribution in [0.4, 0.5) is 11.6 Å². The molecule has 1 aliphatic heterocycles. The van der Waals surface area contributed by atoms with Gasteiger partial charge in [0.2, 0.25) is 5.91 Å². The summed E-state index contributed by atoms with van der Waals surface area (Å²) in [6, 6.07) is 12.6. The van der Waals surface area contributed by atoms with E-state index in [0.29, 0.717) is 5.92 Å². The van der Waals surface area contributed by atoms with Crippen molar-refractivity contribution in [2.24, 2.45) is 5.92 Å². The Morgan fingerprint density at radius 1 is 1.03 bits per heavy atom. The van der Waals surface area contributed by atoms with E-state index in [-0.39, 0.29) is 5.91 Å². The molecule has 0 saturated carbocycles. The van der Waals surface area contributed by atoms with Crippen LogP contribution in [0.5, 0.6) is 0 Å². The molecule has 0 radical (unpaired) electrons. The van der Waals surface area contributed by atoms with Crippen molar-refractivity contribution in [3.63, 3.8) is 0 Å². The minimum Gasteiger partial charge on any atom is -0.353 e. The van der Waals surface area contributed by atoms with Gasteiger partial charge in [0, 0.05) is 56.5 Å². The summed E-state index contributed by atoms with van der Waals surface area (Å²) in [6.07, 6.45) is 10.4. The lowest BCUT2D eigenvalue weighted by Gasteiger charge is -2.36. The number of hydrogen-bond acceptors (Lipinski definition) is 6. The number of carbonyl (C=O) groups excluding carboxylic acids is 1. The van der Waals surface area contributed by atoms with Crippen molar-refractivity contribution in [1.82, 2.24) is 20.5 Å². The monoisotopic (exact) mass is 496 g/mol. The van der Waals surface area contributed by atoms with E-state index in [1.165, 1.54) is 23.3 Å². The molecule has 3 heterocycles. The number of rotatable bonds is 6. The number of piperazine rings is 1. The van der Waals surface area contributed by atoms with Gasteiger partial charge in [0.05, 0.1) is 11.2 Å². The lowest BCUT2D eigenvalue weighted by atomic mass is 9.92. The SMILES string of the molecule is CC(=O)NC(C)(C)c1ccc(N2CCN(c3nnc(CC4=CC=CC(C)C4)c4ccccc34)CC2)nc1. The summed E-state index contributed by atoms with van der Waals surface area (Å²) >= 11 is 0. The average Bonchev–Trinajstić information content (AvgIpc) is 2.88. The summed E-state index contributed by atoms with van der Waals surface area (Å²) in [4.78, 5) is 20.9. The second-order valence-electron chi connectivity index (χ2n) is 10.8. The van der Waals surface area contributed by atoms with Crippen molar-refractivity contribution < 1.29 is 4.79 Å². The third-order valence-corrected chi connectivity index (χ3v) is 7.36. The van der Waals surface area contributed by atoms with Crippen molar-refractivity contribution in [2.75, 3.05) is 36.0 Å². The van der Waals surface area contributed by atoms with E-state index < -0.39 is 5.54 Å². The van der Waals surface area contributed by atoms with Gasteiger partial charge in [-0.25, -0.2) is 4.98 Å². The minimum atomic E-state index is -0.454. The highest BCUT2D eigenvalue weighted by atomic mass is 16.1. The van der Waals surface area contributed by atoms with Crippen LogP contribution in [0.25, 0.3) is 10.8 Å². The van der Waals surface area contributed by atoms with E-state index in [4.69, 9.17) is 15.2 Å². The lowest BCUT2D eigenvalue weighted by Crippen LogP contribution is -2.47. The van der Waals surface area contributed by atoms with Gasteiger partial charge in [0.15, 0.2) is 5.82 Å². The van der Waals surface area contributed by atoms with Crippen molar-refractivity contribution in [2.45, 2.75) is 46.1 Å². The highest BCUT2D eigenvalue weighted by Gasteiger charge is 2.25. The van der Waals surface area contributed by atoms with Gasteiger partial charge in [-0.05, 0) is 37.8 Å². The zero-order valence-corrected chi connectivity index (χ0v) is 22.2. The first-order valence-electron chi connectivity index (χ1n) is 13.2. The third kappa shape index (κ3) is 5.50. The fourth-order valence-corrected chi connectivity index (χ4v) is 5.39. The lowest BCUT2D eigenvalue weighted by molar-refractivity contribution is -0.120. The first-order valence-corrected chi connectivity index (χ1v) is 13.2. The van der Waals surface area contributed by atoms with Gasteiger partial charge < -0.3 is 15.1 Å². The maximum atomic E-state index is 11.5. The van der Waals surface area contributed by atoms with E-state index >= 15 is 0 Å². The maximum Gasteiger partial charge on any atom is 0.217 e. The van der Waals surface area contributed by atoms with Gasteiger partial charge in [-0.15, -0.1) is 5.10 Å². The van der Waals surface area contributed by atoms with Gasteiger partial charge in [-0.1, -0.05) is 61.1 Å². The topological polar surface area (TPSA) is 74.2 Å². The van der Waals surface area contributed by atoms with Crippen molar-refractivity contribution in [3.05, 3.63) is 77.7 Å². The van der Waals surface area contributed by atoms with Crippen LogP contribution in [0, 0.1) is 5.92 Å². The summed E-state index contributed by atoms with van der Waals surface area (Å²) in [7, 11) is 0. The molecule has 3 aromatic rings. The molecule has 7 nitrogen and oxygen atoms in total. The molecule has 5 rings (SSSR count). The highest BCUT2D eigenvalue weighted by molar-refractivity contribution is 5.93. The highest BCUT2D eigenvalue weighted by Crippen LogP contribution is 2.30. The third-order valence-electron chi connectivity index (χ3n) is 7.36. The molecule has 2 aromatic heterocycles. The molecule has 7 heteroatoms. The number of nitrogens with one attached hydrogen (secondary N) is 1. The van der Waals surface area contributed by atoms with Gasteiger partial charge in [0.25, 0.3) is 0 Å². The Morgan fingerprint density at radius 2 is 1.76 bits per heavy atom. The smallest absolute Gasteiger partial charge is 0.217 e. The van der Waals surface area contributed by atoms with Crippen LogP contribution in [0.15, 0.2) is 66.4 Å². The number of amides is 1. The molecule has 0 bridgehead atoms. The normalized spacial score (nSPS) is 18.2. The molecular formula is C30H36N6O. The van der Waals surface area contributed by atoms with E-state index in [1.807, 2.05) is 20.0 Å². The molecule has 1 fully saturated rings. The molecule has 1 atom stereocenters. The zero-order chi connectivity index (χ0) is 26.0. The van der Waals surface area contributed by atoms with E-state index in [0.717, 1.165) is 61.9 Å². The Bertz CT molecular complexity index is 1340. The number of benzene rings is 1. The van der Waals surface area contributed by atoms with Crippen LogP contribution in [-0.2, 0) is 16.8 Å². The summed E-state index contributed by atoms with van der Waals surface area (Å²) in [5.41, 5.74) is 3.00. The molecular weight excluding hydrogens is 460 g/mol. The Balaban J connectivity index is 1.29. The standard InChI is InChI=1S/C30H36N6O/c1-21-8-7-9-23(18-21)19-27-25-10-5-6-11-26(25)29(34-33-27)36-16-14-35(15-17-36)28-13-12-24(20-31-28)30(3,4)32-22(2)37/h5-13,20-21H,14-19H2,1-4H3,(H,32,37). The van der Waals surface area contributed by atoms with E-state index in [1.54, 1.807) is 0 Å². The molecule has 1 amide bonds. The molecule has 2 aliphatic rings. The molecule has 1 aromatic carbocycles. The van der Waals surface area contributed by atoms with Gasteiger partial charge >= 0.3 is 0 Å². The van der Waals surface area contributed by atoms with Crippen LogP contribution < -0.4 is 15.1 Å². The zero-order valence-electron chi connectivity index (χ0n) is 22.2. The van der Waals surface area contributed by atoms with Gasteiger partial charge in [0.1, 0.15) is 5.82 Å². The van der Waals surface area contributed by atoms with Crippen LogP contribution in [-0.4, -0.2) is 47.3 Å². The maximum absolute atomic E-state index is 11.5. The van der Waals surface area contributed by atoms with Crippen LogP contribution in [0.2, 0.25) is 0 Å². The summed E-state index contributed by atoms with van der Waals surface area (Å²) in [5.74, 6) is 2.44. The summed E-state index contributed by atoms with van der Waals surface area (Å²) in [5, 5.41) is 14.8. The number of hydrogen-bond donors (Lipinski definition) is 1. The van der Waals surface area contributed by atoms with Crippen LogP contribution >= 0.6 is 0 Å². The van der Waals surface area contributed by atoms with E-state index in [2.05, 4.69) is 76.7 Å². The molecule has 1 unspecified atom stereocenters. The quantitative estimate of drug-likeness (QED) is 0.529. The van der Waals surface area contributed by atoms with Crippen molar-refractivity contribution in [1.29, 1.82) is 0 Å². The summed E-state index contributed by atoms with van der Waals surface area (Å²) in [6.45, 7) is 11.2. The van der Waals surface area contributed by atoms with Crippen molar-refractivity contribution >= 4 is 28.3 Å². The molecule has 1 N–H and O–H groups in total. The predicted molar refractivity (Wildman–Crippen MR) is 150 cm³/mol. The average molecular weight is 497 g/mol. The van der Waals surface area contributed by atoms with Crippen LogP contribution in [0.3, 0.4) is 0 Å². The van der Waals surface area contributed by atoms with Crippen LogP contribution in [0.1, 0.15) is 45.4 Å². The second-order valence-corrected chi connectivity index (χ2v) is 10.8. The number of carbonyl (C=O) groups is 1. The second kappa shape index (κ2) is 10.3. The minimum absolute atomic E-state index is 0.0494. The first-order chi connectivity index (χ1) is 17.8. The largest absolute Gasteiger partial charge is 0.353 e. The number of allylic oxidation sites excluding steroid dienone is 4. The fraction of sp³-hybridized carbons (Fsp3) is 0.400. The number of pyridine rings is 1. The Morgan fingerprint density at radius 3 is 2.43 bits per heavy atom.